The lowest BCUT2D eigenvalue weighted by Gasteiger charge is -2.27. The predicted molar refractivity (Wildman–Crippen MR) is 88.2 cm³/mol. The van der Waals surface area contributed by atoms with Crippen LogP contribution in [0.2, 0.25) is 0 Å². The Morgan fingerprint density at radius 3 is 3.12 bits per heavy atom. The Morgan fingerprint density at radius 1 is 1.54 bits per heavy atom. The highest BCUT2D eigenvalue weighted by Crippen LogP contribution is 2.23. The molecule has 24 heavy (non-hydrogen) atoms. The van der Waals surface area contributed by atoms with Crippen LogP contribution in [0.5, 0.6) is 0 Å². The molecule has 1 atom stereocenters. The number of carbonyl (C=O) groups excluding carboxylic acids is 1. The van der Waals surface area contributed by atoms with Gasteiger partial charge in [0.1, 0.15) is 11.6 Å². The van der Waals surface area contributed by atoms with E-state index in [1.807, 2.05) is 20.8 Å². The number of amides is 1. The zero-order valence-corrected chi connectivity index (χ0v) is 14.2. The van der Waals surface area contributed by atoms with Crippen molar-refractivity contribution in [3.05, 3.63) is 35.7 Å². The number of nitrogens with zero attached hydrogens (tertiary/aromatic N) is 2. The molecule has 2 aromatic heterocycles. The van der Waals surface area contributed by atoms with Crippen LogP contribution >= 0.6 is 0 Å². The van der Waals surface area contributed by atoms with Gasteiger partial charge in [-0.2, -0.15) is 0 Å². The Labute approximate surface area is 140 Å². The number of hydrogen-bond donors (Lipinski definition) is 2. The van der Waals surface area contributed by atoms with E-state index in [1.54, 1.807) is 10.6 Å². The van der Waals surface area contributed by atoms with Crippen molar-refractivity contribution >= 4 is 11.4 Å². The highest BCUT2D eigenvalue weighted by molar-refractivity contribution is 5.80. The lowest BCUT2D eigenvalue weighted by Crippen LogP contribution is -2.47. The molecule has 0 saturated carbocycles. The number of ether oxygens (including phenoxy) is 1. The van der Waals surface area contributed by atoms with Gasteiger partial charge in [0.25, 0.3) is 0 Å². The van der Waals surface area contributed by atoms with Crippen LogP contribution < -0.4 is 10.6 Å². The molecule has 1 unspecified atom stereocenters. The third-order valence-corrected chi connectivity index (χ3v) is 4.31. The average molecular weight is 334 g/mol. The fraction of sp³-hybridized carbons (Fsp3) is 0.529. The summed E-state index contributed by atoms with van der Waals surface area (Å²) in [6.07, 6.45) is 3.10. The summed E-state index contributed by atoms with van der Waals surface area (Å²) in [7, 11) is 0. The SMILES string of the molecule is Cc1cc(F)cn2c(C(C)(C)NC(=O)C3CNCCOC3)ncc12. The van der Waals surface area contributed by atoms with Crippen LogP contribution in [0.25, 0.3) is 5.52 Å². The largest absolute Gasteiger partial charge is 0.379 e. The molecule has 6 nitrogen and oxygen atoms in total. The van der Waals surface area contributed by atoms with Gasteiger partial charge in [0.15, 0.2) is 0 Å². The summed E-state index contributed by atoms with van der Waals surface area (Å²) in [5.74, 6) is -0.0885. The van der Waals surface area contributed by atoms with E-state index < -0.39 is 5.54 Å². The van der Waals surface area contributed by atoms with E-state index in [0.717, 1.165) is 17.6 Å². The summed E-state index contributed by atoms with van der Waals surface area (Å²) >= 11 is 0. The number of nitrogens with one attached hydrogen (secondary N) is 2. The number of halogens is 1. The molecular formula is C17H23FN4O2. The summed E-state index contributed by atoms with van der Waals surface area (Å²) in [6.45, 7) is 7.90. The zero-order valence-electron chi connectivity index (χ0n) is 14.2. The molecule has 0 aromatic carbocycles. The normalized spacial score (nSPS) is 19.2. The van der Waals surface area contributed by atoms with Crippen LogP contribution in [0.15, 0.2) is 18.5 Å². The molecule has 0 spiro atoms. The Morgan fingerprint density at radius 2 is 2.33 bits per heavy atom. The lowest BCUT2D eigenvalue weighted by atomic mass is 10.0. The highest BCUT2D eigenvalue weighted by atomic mass is 19.1. The maximum Gasteiger partial charge on any atom is 0.227 e. The standard InChI is InChI=1S/C17H23FN4O2/c1-11-6-13(18)9-22-14(11)8-20-16(22)17(2,3)21-15(23)12-7-19-4-5-24-10-12/h6,8-9,12,19H,4-5,7,10H2,1-3H3,(H,21,23). The molecule has 0 aliphatic carbocycles. The minimum atomic E-state index is -0.740. The van der Waals surface area contributed by atoms with Gasteiger partial charge < -0.3 is 15.4 Å². The van der Waals surface area contributed by atoms with Crippen LogP contribution in [-0.2, 0) is 15.1 Å². The molecule has 1 aliphatic rings. The van der Waals surface area contributed by atoms with Gasteiger partial charge in [0.05, 0.1) is 36.4 Å². The van der Waals surface area contributed by atoms with Crippen molar-refractivity contribution < 1.29 is 13.9 Å². The van der Waals surface area contributed by atoms with Gasteiger partial charge in [-0.3, -0.25) is 9.20 Å². The number of rotatable bonds is 3. The van der Waals surface area contributed by atoms with E-state index in [4.69, 9.17) is 4.74 Å². The number of fused-ring (bicyclic) bond motifs is 1. The van der Waals surface area contributed by atoms with E-state index in [2.05, 4.69) is 15.6 Å². The third-order valence-electron chi connectivity index (χ3n) is 4.31. The fourth-order valence-corrected chi connectivity index (χ4v) is 3.03. The Hall–Kier alpha value is -1.99. The lowest BCUT2D eigenvalue weighted by molar-refractivity contribution is -0.128. The molecule has 7 heteroatoms. The first-order valence-corrected chi connectivity index (χ1v) is 8.12. The minimum absolute atomic E-state index is 0.0979. The summed E-state index contributed by atoms with van der Waals surface area (Å²) in [5.41, 5.74) is 0.890. The second-order valence-corrected chi connectivity index (χ2v) is 6.77. The molecule has 2 aromatic rings. The number of pyridine rings is 1. The molecule has 1 aliphatic heterocycles. The van der Waals surface area contributed by atoms with E-state index in [0.29, 0.717) is 25.6 Å². The average Bonchev–Trinajstić information content (AvgIpc) is 2.76. The summed E-state index contributed by atoms with van der Waals surface area (Å²) in [4.78, 5) is 17.0. The summed E-state index contributed by atoms with van der Waals surface area (Å²) in [6, 6.07) is 1.47. The van der Waals surface area contributed by atoms with Crippen LogP contribution in [0.1, 0.15) is 25.2 Å². The van der Waals surface area contributed by atoms with Crippen molar-refractivity contribution in [3.8, 4) is 0 Å². The first-order valence-electron chi connectivity index (χ1n) is 8.12. The van der Waals surface area contributed by atoms with Gasteiger partial charge in [-0.05, 0) is 32.4 Å². The maximum atomic E-state index is 13.8. The maximum absolute atomic E-state index is 13.8. The molecule has 0 radical (unpaired) electrons. The molecule has 3 heterocycles. The first-order chi connectivity index (χ1) is 11.4. The summed E-state index contributed by atoms with van der Waals surface area (Å²) in [5, 5.41) is 6.21. The molecule has 1 fully saturated rings. The highest BCUT2D eigenvalue weighted by Gasteiger charge is 2.31. The monoisotopic (exact) mass is 334 g/mol. The van der Waals surface area contributed by atoms with Crippen LogP contribution in [0, 0.1) is 18.7 Å². The molecule has 1 amide bonds. The molecular weight excluding hydrogens is 311 g/mol. The van der Waals surface area contributed by atoms with E-state index in [1.165, 1.54) is 12.3 Å². The quantitative estimate of drug-likeness (QED) is 0.890. The number of aromatic nitrogens is 2. The van der Waals surface area contributed by atoms with Crippen LogP contribution in [0.3, 0.4) is 0 Å². The molecule has 1 saturated heterocycles. The van der Waals surface area contributed by atoms with Crippen molar-refractivity contribution in [3.63, 3.8) is 0 Å². The van der Waals surface area contributed by atoms with E-state index in [9.17, 15) is 9.18 Å². The number of carbonyl (C=O) groups is 1. The number of hydrogen-bond acceptors (Lipinski definition) is 4. The first kappa shape index (κ1) is 16.9. The summed E-state index contributed by atoms with van der Waals surface area (Å²) < 4.78 is 20.9. The molecule has 130 valence electrons. The number of aryl methyl sites for hydroxylation is 1. The minimum Gasteiger partial charge on any atom is -0.379 e. The third kappa shape index (κ3) is 3.27. The van der Waals surface area contributed by atoms with Crippen molar-refractivity contribution in [1.82, 2.24) is 20.0 Å². The van der Waals surface area contributed by atoms with Gasteiger partial charge in [-0.15, -0.1) is 0 Å². The van der Waals surface area contributed by atoms with E-state index in [-0.39, 0.29) is 17.6 Å². The van der Waals surface area contributed by atoms with Crippen molar-refractivity contribution in [2.75, 3.05) is 26.3 Å². The van der Waals surface area contributed by atoms with Crippen molar-refractivity contribution in [2.24, 2.45) is 5.92 Å². The van der Waals surface area contributed by atoms with Crippen LogP contribution in [-0.4, -0.2) is 41.6 Å². The second-order valence-electron chi connectivity index (χ2n) is 6.77. The van der Waals surface area contributed by atoms with Gasteiger partial charge in [-0.25, -0.2) is 9.37 Å². The Bertz CT molecular complexity index is 748. The second kappa shape index (κ2) is 6.49. The van der Waals surface area contributed by atoms with Gasteiger partial charge in [-0.1, -0.05) is 0 Å². The smallest absolute Gasteiger partial charge is 0.227 e. The van der Waals surface area contributed by atoms with Crippen molar-refractivity contribution in [1.29, 1.82) is 0 Å². The molecule has 0 bridgehead atoms. The topological polar surface area (TPSA) is 67.7 Å². The Kier molecular flexibility index (Phi) is 4.56. The molecule has 3 rings (SSSR count). The van der Waals surface area contributed by atoms with Gasteiger partial charge >= 0.3 is 0 Å². The Balaban J connectivity index is 1.86. The molecule has 2 N–H and O–H groups in total. The van der Waals surface area contributed by atoms with Gasteiger partial charge in [0.2, 0.25) is 5.91 Å². The fourth-order valence-electron chi connectivity index (χ4n) is 3.03. The number of imidazole rings is 1. The van der Waals surface area contributed by atoms with Crippen LogP contribution in [0.4, 0.5) is 4.39 Å². The zero-order chi connectivity index (χ0) is 17.3. The van der Waals surface area contributed by atoms with E-state index >= 15 is 0 Å². The van der Waals surface area contributed by atoms with Gasteiger partial charge in [0, 0.05) is 19.3 Å². The van der Waals surface area contributed by atoms with Crippen molar-refractivity contribution in [2.45, 2.75) is 26.3 Å². The predicted octanol–water partition coefficient (Wildman–Crippen LogP) is 1.37.